The molecule has 2 rings (SSSR count). The van der Waals surface area contributed by atoms with E-state index in [1.165, 1.54) is 0 Å². The number of aliphatic hydroxyl groups excluding tert-OH is 2. The topological polar surface area (TPSA) is 65.6 Å². The summed E-state index contributed by atoms with van der Waals surface area (Å²) in [5, 5.41) is 22.5. The Morgan fingerprint density at radius 3 is 3.00 bits per heavy atom. The minimum absolute atomic E-state index is 0.173. The molecule has 1 saturated carbocycles. The van der Waals surface area contributed by atoms with Crippen molar-refractivity contribution in [2.45, 2.75) is 31.5 Å². The number of furan rings is 1. The van der Waals surface area contributed by atoms with Gasteiger partial charge in [0, 0.05) is 13.1 Å². The van der Waals surface area contributed by atoms with Crippen LogP contribution in [-0.2, 0) is 0 Å². The standard InChI is InChI=1S/C12H19NO3/c14-10-4-1-3-9(10)7-13-8-11(15)12-5-2-6-16-12/h2,5-6,9-11,13-15H,1,3-4,7-8H2. The van der Waals surface area contributed by atoms with E-state index in [-0.39, 0.29) is 6.10 Å². The minimum atomic E-state index is -0.603. The summed E-state index contributed by atoms with van der Waals surface area (Å²) in [4.78, 5) is 0. The molecule has 1 aliphatic carbocycles. The first-order chi connectivity index (χ1) is 7.77. The summed E-state index contributed by atoms with van der Waals surface area (Å²) < 4.78 is 5.10. The third-order valence-corrected chi connectivity index (χ3v) is 3.23. The van der Waals surface area contributed by atoms with Gasteiger partial charge in [-0.2, -0.15) is 0 Å². The van der Waals surface area contributed by atoms with Gasteiger partial charge >= 0.3 is 0 Å². The van der Waals surface area contributed by atoms with Gasteiger partial charge in [-0.1, -0.05) is 6.42 Å². The van der Waals surface area contributed by atoms with Crippen molar-refractivity contribution >= 4 is 0 Å². The van der Waals surface area contributed by atoms with Crippen LogP contribution >= 0.6 is 0 Å². The Kier molecular flexibility index (Phi) is 3.98. The van der Waals surface area contributed by atoms with Gasteiger partial charge in [0.05, 0.1) is 12.4 Å². The SMILES string of the molecule is OC(CNCC1CCCC1O)c1ccco1. The Morgan fingerprint density at radius 1 is 1.50 bits per heavy atom. The number of hydrogen-bond acceptors (Lipinski definition) is 4. The lowest BCUT2D eigenvalue weighted by Crippen LogP contribution is -2.30. The van der Waals surface area contributed by atoms with Gasteiger partial charge in [0.2, 0.25) is 0 Å². The van der Waals surface area contributed by atoms with Gasteiger partial charge in [-0.3, -0.25) is 0 Å². The Labute approximate surface area is 95.3 Å². The van der Waals surface area contributed by atoms with Crippen molar-refractivity contribution in [2.75, 3.05) is 13.1 Å². The van der Waals surface area contributed by atoms with Crippen LogP contribution < -0.4 is 5.32 Å². The molecular formula is C12H19NO3. The Balaban J connectivity index is 1.68. The summed E-state index contributed by atoms with van der Waals surface area (Å²) in [6.07, 6.45) is 3.87. The van der Waals surface area contributed by atoms with E-state index >= 15 is 0 Å². The second kappa shape index (κ2) is 5.48. The molecule has 0 radical (unpaired) electrons. The third kappa shape index (κ3) is 2.84. The predicted molar refractivity (Wildman–Crippen MR) is 59.9 cm³/mol. The van der Waals surface area contributed by atoms with Gasteiger partial charge in [-0.15, -0.1) is 0 Å². The molecule has 1 heterocycles. The van der Waals surface area contributed by atoms with E-state index in [2.05, 4.69) is 5.32 Å². The molecular weight excluding hydrogens is 206 g/mol. The van der Waals surface area contributed by atoms with Gasteiger partial charge in [0.1, 0.15) is 11.9 Å². The first-order valence-electron chi connectivity index (χ1n) is 5.87. The number of nitrogens with one attached hydrogen (secondary N) is 1. The van der Waals surface area contributed by atoms with E-state index in [0.29, 0.717) is 18.2 Å². The highest BCUT2D eigenvalue weighted by Gasteiger charge is 2.24. The summed E-state index contributed by atoms with van der Waals surface area (Å²) in [7, 11) is 0. The summed E-state index contributed by atoms with van der Waals surface area (Å²) in [6.45, 7) is 1.23. The van der Waals surface area contributed by atoms with Crippen molar-refractivity contribution in [1.82, 2.24) is 5.32 Å². The smallest absolute Gasteiger partial charge is 0.133 e. The van der Waals surface area contributed by atoms with E-state index < -0.39 is 6.10 Å². The molecule has 3 N–H and O–H groups in total. The fourth-order valence-electron chi connectivity index (χ4n) is 2.24. The molecule has 0 aliphatic heterocycles. The van der Waals surface area contributed by atoms with Crippen LogP contribution in [0.4, 0.5) is 0 Å². The summed E-state index contributed by atoms with van der Waals surface area (Å²) in [5.74, 6) is 0.920. The molecule has 0 spiro atoms. The zero-order chi connectivity index (χ0) is 11.4. The molecule has 4 heteroatoms. The van der Waals surface area contributed by atoms with Crippen molar-refractivity contribution < 1.29 is 14.6 Å². The Hall–Kier alpha value is -0.840. The number of rotatable bonds is 5. The number of aliphatic hydroxyl groups is 2. The monoisotopic (exact) mass is 225 g/mol. The molecule has 1 aromatic heterocycles. The van der Waals surface area contributed by atoms with E-state index in [4.69, 9.17) is 4.42 Å². The van der Waals surface area contributed by atoms with Crippen molar-refractivity contribution in [3.8, 4) is 0 Å². The van der Waals surface area contributed by atoms with Crippen LogP contribution in [0.25, 0.3) is 0 Å². The average molecular weight is 225 g/mol. The minimum Gasteiger partial charge on any atom is -0.467 e. The average Bonchev–Trinajstić information content (AvgIpc) is 2.90. The normalized spacial score (nSPS) is 27.1. The van der Waals surface area contributed by atoms with Crippen molar-refractivity contribution in [3.63, 3.8) is 0 Å². The summed E-state index contributed by atoms with van der Waals surface area (Å²) >= 11 is 0. The molecule has 3 unspecified atom stereocenters. The van der Waals surface area contributed by atoms with Crippen molar-refractivity contribution in [1.29, 1.82) is 0 Å². The van der Waals surface area contributed by atoms with Crippen LogP contribution in [0.3, 0.4) is 0 Å². The van der Waals surface area contributed by atoms with Crippen LogP contribution in [0.1, 0.15) is 31.1 Å². The Morgan fingerprint density at radius 2 is 2.38 bits per heavy atom. The fourth-order valence-corrected chi connectivity index (χ4v) is 2.24. The zero-order valence-corrected chi connectivity index (χ0v) is 9.30. The van der Waals surface area contributed by atoms with Crippen molar-refractivity contribution in [2.24, 2.45) is 5.92 Å². The lowest BCUT2D eigenvalue weighted by molar-refractivity contribution is 0.119. The molecule has 4 nitrogen and oxygen atoms in total. The third-order valence-electron chi connectivity index (χ3n) is 3.23. The van der Waals surface area contributed by atoms with E-state index in [1.54, 1.807) is 18.4 Å². The predicted octanol–water partition coefficient (Wildman–Crippen LogP) is 1.06. The molecule has 0 amide bonds. The van der Waals surface area contributed by atoms with Gasteiger partial charge in [0.15, 0.2) is 0 Å². The van der Waals surface area contributed by atoms with Crippen LogP contribution in [0.5, 0.6) is 0 Å². The van der Waals surface area contributed by atoms with Crippen LogP contribution in [0.2, 0.25) is 0 Å². The largest absolute Gasteiger partial charge is 0.467 e. The molecule has 0 saturated heterocycles. The molecule has 0 aromatic carbocycles. The highest BCUT2D eigenvalue weighted by Crippen LogP contribution is 2.24. The maximum absolute atomic E-state index is 9.73. The van der Waals surface area contributed by atoms with Gasteiger partial charge < -0.3 is 19.9 Å². The van der Waals surface area contributed by atoms with Crippen molar-refractivity contribution in [3.05, 3.63) is 24.2 Å². The molecule has 1 aliphatic rings. The molecule has 1 fully saturated rings. The second-order valence-corrected chi connectivity index (χ2v) is 4.45. The maximum Gasteiger partial charge on any atom is 0.133 e. The second-order valence-electron chi connectivity index (χ2n) is 4.45. The van der Waals surface area contributed by atoms with Gasteiger partial charge in [0.25, 0.3) is 0 Å². The molecule has 16 heavy (non-hydrogen) atoms. The zero-order valence-electron chi connectivity index (χ0n) is 9.30. The van der Waals surface area contributed by atoms with Crippen LogP contribution in [0, 0.1) is 5.92 Å². The van der Waals surface area contributed by atoms with E-state index in [1.807, 2.05) is 0 Å². The first kappa shape index (κ1) is 11.6. The van der Waals surface area contributed by atoms with E-state index in [0.717, 1.165) is 25.8 Å². The molecule has 0 bridgehead atoms. The highest BCUT2D eigenvalue weighted by atomic mass is 16.4. The summed E-state index contributed by atoms with van der Waals surface area (Å²) in [6, 6.07) is 3.52. The van der Waals surface area contributed by atoms with E-state index in [9.17, 15) is 10.2 Å². The van der Waals surface area contributed by atoms with Gasteiger partial charge in [-0.05, 0) is 30.9 Å². The maximum atomic E-state index is 9.73. The molecule has 3 atom stereocenters. The molecule has 90 valence electrons. The number of hydrogen-bond donors (Lipinski definition) is 3. The summed E-state index contributed by atoms with van der Waals surface area (Å²) in [5.41, 5.74) is 0. The quantitative estimate of drug-likeness (QED) is 0.701. The van der Waals surface area contributed by atoms with Crippen LogP contribution in [-0.4, -0.2) is 29.4 Å². The fraction of sp³-hybridized carbons (Fsp3) is 0.667. The Bertz CT molecular complexity index is 299. The highest BCUT2D eigenvalue weighted by molar-refractivity contribution is 5.02. The van der Waals surface area contributed by atoms with Crippen LogP contribution in [0.15, 0.2) is 22.8 Å². The molecule has 1 aromatic rings. The lowest BCUT2D eigenvalue weighted by atomic mass is 10.1. The lowest BCUT2D eigenvalue weighted by Gasteiger charge is -2.16. The van der Waals surface area contributed by atoms with Gasteiger partial charge in [-0.25, -0.2) is 0 Å². The first-order valence-corrected chi connectivity index (χ1v) is 5.87.